The summed E-state index contributed by atoms with van der Waals surface area (Å²) in [7, 11) is 0. The van der Waals surface area contributed by atoms with E-state index < -0.39 is 25.0 Å². The molecule has 2 fully saturated rings. The summed E-state index contributed by atoms with van der Waals surface area (Å²) >= 11 is 12.5. The fourth-order valence-electron chi connectivity index (χ4n) is 7.35. The van der Waals surface area contributed by atoms with Gasteiger partial charge < -0.3 is 35.6 Å². The van der Waals surface area contributed by atoms with Gasteiger partial charge in [0.2, 0.25) is 0 Å². The van der Waals surface area contributed by atoms with Crippen LogP contribution in [0.3, 0.4) is 0 Å². The van der Waals surface area contributed by atoms with Crippen LogP contribution in [0.1, 0.15) is 75.4 Å². The Morgan fingerprint density at radius 1 is 1.13 bits per heavy atom. The van der Waals surface area contributed by atoms with E-state index >= 15 is 0 Å². The molecule has 0 radical (unpaired) electrons. The first-order chi connectivity index (χ1) is 26.6. The monoisotopic (exact) mass is 766 g/mol. The predicted octanol–water partition coefficient (Wildman–Crippen LogP) is 6.98. The summed E-state index contributed by atoms with van der Waals surface area (Å²) in [5, 5.41) is 11.3. The first-order valence-electron chi connectivity index (χ1n) is 19.4. The van der Waals surface area contributed by atoms with E-state index in [4.69, 9.17) is 41.2 Å². The molecule has 0 aliphatic carbocycles. The van der Waals surface area contributed by atoms with Gasteiger partial charge in [-0.3, -0.25) is 9.48 Å². The number of halogens is 3. The SMILES string of the molecule is [2H]C1CCC(N2Cc3c(NCCOCCCN4CCC(n5cc(-c6cnc(N)c(O[C@H](C)c7c(Cl)ccc(F)c7Cl)c6)cn5)CC4)cccc3C2=O)C([2H])N1. The molecule has 282 valence electrons. The minimum atomic E-state index is -0.670. The van der Waals surface area contributed by atoms with Gasteiger partial charge in [0.1, 0.15) is 11.9 Å². The third kappa shape index (κ3) is 8.57. The number of aromatic nitrogens is 3. The summed E-state index contributed by atoms with van der Waals surface area (Å²) in [6.45, 7) is 5.88. The average molecular weight is 768 g/mol. The number of likely N-dealkylation sites (tertiary alicyclic amines) is 1. The van der Waals surface area contributed by atoms with Crippen LogP contribution in [0.25, 0.3) is 11.1 Å². The number of ether oxygens (including phenoxy) is 2. The highest BCUT2D eigenvalue weighted by atomic mass is 35.5. The van der Waals surface area contributed by atoms with Crippen molar-refractivity contribution >= 4 is 40.6 Å². The van der Waals surface area contributed by atoms with Gasteiger partial charge in [-0.15, -0.1) is 0 Å². The number of hydrogen-bond acceptors (Lipinski definition) is 9. The molecule has 3 unspecified atom stereocenters. The summed E-state index contributed by atoms with van der Waals surface area (Å²) in [5.74, 6) is -0.0746. The number of nitrogens with zero attached hydrogens (tertiary/aromatic N) is 5. The molecular formula is C39H47Cl2FN8O3. The molecular weight excluding hydrogens is 718 g/mol. The van der Waals surface area contributed by atoms with Crippen molar-refractivity contribution in [2.75, 3.05) is 63.5 Å². The molecule has 0 bridgehead atoms. The third-order valence-corrected chi connectivity index (χ3v) is 11.0. The van der Waals surface area contributed by atoms with Crippen molar-refractivity contribution in [2.24, 2.45) is 0 Å². The van der Waals surface area contributed by atoms with Gasteiger partial charge in [-0.2, -0.15) is 5.10 Å². The van der Waals surface area contributed by atoms with Crippen LogP contribution in [-0.2, 0) is 11.3 Å². The second-order valence-electron chi connectivity index (χ2n) is 13.7. The third-order valence-electron chi connectivity index (χ3n) is 10.3. The van der Waals surface area contributed by atoms with Gasteiger partial charge in [0.15, 0.2) is 11.6 Å². The number of pyridine rings is 1. The number of nitrogens with two attached hydrogens (primary N) is 1. The number of benzene rings is 2. The van der Waals surface area contributed by atoms with Gasteiger partial charge >= 0.3 is 0 Å². The lowest BCUT2D eigenvalue weighted by Gasteiger charge is -2.32. The zero-order valence-corrected chi connectivity index (χ0v) is 31.3. The second-order valence-corrected chi connectivity index (χ2v) is 14.5. The zero-order chi connectivity index (χ0) is 38.6. The molecule has 11 nitrogen and oxygen atoms in total. The van der Waals surface area contributed by atoms with Crippen LogP contribution < -0.4 is 21.1 Å². The van der Waals surface area contributed by atoms with E-state index in [2.05, 4.69) is 25.6 Å². The number of nitrogens with one attached hydrogen (secondary N) is 2. The maximum absolute atomic E-state index is 14.1. The van der Waals surface area contributed by atoms with Crippen LogP contribution in [0, 0.1) is 5.82 Å². The van der Waals surface area contributed by atoms with E-state index in [1.165, 1.54) is 12.1 Å². The van der Waals surface area contributed by atoms with Gasteiger partial charge in [-0.05, 0) is 75.9 Å². The number of amides is 1. The van der Waals surface area contributed by atoms with Gasteiger partial charge in [0.25, 0.3) is 5.91 Å². The van der Waals surface area contributed by atoms with Crippen molar-refractivity contribution in [1.29, 1.82) is 0 Å². The average Bonchev–Trinajstić information content (AvgIpc) is 3.80. The molecule has 4 N–H and O–H groups in total. The molecule has 4 aromatic rings. The highest BCUT2D eigenvalue weighted by molar-refractivity contribution is 6.36. The normalized spacial score (nSPS) is 22.0. The minimum Gasteiger partial charge on any atom is -0.482 e. The van der Waals surface area contributed by atoms with Crippen LogP contribution in [0.4, 0.5) is 15.9 Å². The first-order valence-corrected chi connectivity index (χ1v) is 19.0. The summed E-state index contributed by atoms with van der Waals surface area (Å²) in [4.78, 5) is 21.8. The van der Waals surface area contributed by atoms with Crippen molar-refractivity contribution in [2.45, 2.75) is 63.8 Å². The number of nitrogen functional groups attached to an aromatic ring is 1. The van der Waals surface area contributed by atoms with Gasteiger partial charge in [-0.1, -0.05) is 29.3 Å². The van der Waals surface area contributed by atoms with Crippen LogP contribution in [0.5, 0.6) is 5.75 Å². The largest absolute Gasteiger partial charge is 0.482 e. The Hall–Kier alpha value is -3.94. The smallest absolute Gasteiger partial charge is 0.254 e. The Bertz CT molecular complexity index is 1980. The zero-order valence-electron chi connectivity index (χ0n) is 31.7. The van der Waals surface area contributed by atoms with E-state index in [0.29, 0.717) is 61.0 Å². The molecule has 7 rings (SSSR count). The maximum Gasteiger partial charge on any atom is 0.254 e. The molecule has 5 heterocycles. The fraction of sp³-hybridized carbons (Fsp3) is 0.462. The Morgan fingerprint density at radius 2 is 1.98 bits per heavy atom. The summed E-state index contributed by atoms with van der Waals surface area (Å²) in [5.41, 5.74) is 10.7. The molecule has 3 aliphatic rings. The summed E-state index contributed by atoms with van der Waals surface area (Å²) in [6, 6.07) is 10.3. The Morgan fingerprint density at radius 3 is 2.81 bits per heavy atom. The quantitative estimate of drug-likeness (QED) is 0.0922. The molecule has 14 heteroatoms. The lowest BCUT2D eigenvalue weighted by atomic mass is 10.0. The Balaban J connectivity index is 0.822. The number of rotatable bonds is 14. The van der Waals surface area contributed by atoms with Crippen molar-refractivity contribution in [3.05, 3.63) is 87.5 Å². The van der Waals surface area contributed by atoms with Crippen LogP contribution in [-0.4, -0.2) is 88.9 Å². The summed E-state index contributed by atoms with van der Waals surface area (Å²) < 4.78 is 44.5. The topological polar surface area (TPSA) is 123 Å². The minimum absolute atomic E-state index is 0.0370. The van der Waals surface area contributed by atoms with Crippen LogP contribution in [0.2, 0.25) is 10.0 Å². The van der Waals surface area contributed by atoms with Crippen LogP contribution in [0.15, 0.2) is 55.0 Å². The molecule has 1 amide bonds. The van der Waals surface area contributed by atoms with Crippen molar-refractivity contribution in [3.8, 4) is 16.9 Å². The summed E-state index contributed by atoms with van der Waals surface area (Å²) in [6.07, 6.45) is 9.05. The second kappa shape index (κ2) is 17.0. The molecule has 2 aromatic carbocycles. The molecule has 3 aliphatic heterocycles. The molecule has 4 atom stereocenters. The molecule has 53 heavy (non-hydrogen) atoms. The van der Waals surface area contributed by atoms with E-state index in [0.717, 1.165) is 61.3 Å². The standard InChI is InChI=1S/C39H47Cl2FN8O3/c1-25(36-32(40)8-9-33(42)37(36)41)53-35-19-26(20-46-38(35)43)27-21-47-50(23-27)28-10-15-48(16-11-28)14-4-17-52-18-13-45-34-7-2-6-30-31(34)24-49(39(30)51)29-5-3-12-44-22-29/h2,6-9,19-21,23,25,28-29,44-45H,3-5,10-18,22,24H2,1H3,(H2,43,46)/t25-,29?/m1/s1/i12D,22D/t12?,22?,25-,29?. The Labute approximate surface area is 322 Å². The van der Waals surface area contributed by atoms with Gasteiger partial charge in [0, 0.05) is 106 Å². The first kappa shape index (κ1) is 34.8. The number of anilines is 2. The molecule has 0 saturated carbocycles. The van der Waals surface area contributed by atoms with Crippen LogP contribution >= 0.6 is 23.2 Å². The van der Waals surface area contributed by atoms with E-state index in [1.54, 1.807) is 24.1 Å². The maximum atomic E-state index is 14.1. The predicted molar refractivity (Wildman–Crippen MR) is 206 cm³/mol. The number of carbonyl (C=O) groups excluding carboxylic acids is 1. The van der Waals surface area contributed by atoms with Crippen molar-refractivity contribution in [3.63, 3.8) is 0 Å². The van der Waals surface area contributed by atoms with E-state index in [1.807, 2.05) is 35.3 Å². The van der Waals surface area contributed by atoms with E-state index in [9.17, 15) is 9.18 Å². The highest BCUT2D eigenvalue weighted by Gasteiger charge is 2.34. The highest BCUT2D eigenvalue weighted by Crippen LogP contribution is 2.37. The van der Waals surface area contributed by atoms with Crippen molar-refractivity contribution < 1.29 is 21.4 Å². The number of piperidine rings is 2. The number of carbonyl (C=O) groups is 1. The lowest BCUT2D eigenvalue weighted by Crippen LogP contribution is -2.46. The molecule has 2 saturated heterocycles. The Kier molecular flexibility index (Phi) is 11.2. The van der Waals surface area contributed by atoms with E-state index in [-0.39, 0.29) is 28.8 Å². The van der Waals surface area contributed by atoms with Crippen molar-refractivity contribution in [1.82, 2.24) is 29.9 Å². The number of hydrogen-bond donors (Lipinski definition) is 3. The molecule has 2 aromatic heterocycles. The lowest BCUT2D eigenvalue weighted by molar-refractivity contribution is 0.0674. The fourth-order valence-corrected chi connectivity index (χ4v) is 8.03. The van der Waals surface area contributed by atoms with Gasteiger partial charge in [-0.25, -0.2) is 9.37 Å². The number of fused-ring (bicyclic) bond motifs is 1. The molecule has 0 spiro atoms. The van der Waals surface area contributed by atoms with Gasteiger partial charge in [0.05, 0.1) is 23.9 Å².